The quantitative estimate of drug-likeness (QED) is 0.691. The minimum absolute atomic E-state index is 0.0267. The van der Waals surface area contributed by atoms with Crippen molar-refractivity contribution in [3.63, 3.8) is 0 Å². The Labute approximate surface area is 134 Å². The number of hydrogen-bond acceptors (Lipinski definition) is 3. The molecule has 0 aliphatic carbocycles. The smallest absolute Gasteiger partial charge is 0.256 e. The Bertz CT molecular complexity index is 821. The van der Waals surface area contributed by atoms with Crippen LogP contribution in [0.5, 0.6) is 5.75 Å². The third-order valence-electron chi connectivity index (χ3n) is 3.73. The zero-order chi connectivity index (χ0) is 16.4. The number of fused-ring (bicyclic) bond motifs is 1. The molecule has 4 heteroatoms. The number of ketones is 1. The molecule has 0 fully saturated rings. The van der Waals surface area contributed by atoms with E-state index in [4.69, 9.17) is 4.74 Å². The van der Waals surface area contributed by atoms with Crippen molar-refractivity contribution in [3.05, 3.63) is 59.2 Å². The molecule has 0 saturated carbocycles. The Morgan fingerprint density at radius 2 is 2.00 bits per heavy atom. The maximum atomic E-state index is 12.3. The summed E-state index contributed by atoms with van der Waals surface area (Å²) in [5.74, 6) is 0.539. The molecule has 2 aromatic rings. The van der Waals surface area contributed by atoms with Gasteiger partial charge in [-0.1, -0.05) is 30.3 Å². The lowest BCUT2D eigenvalue weighted by molar-refractivity contribution is -0.110. The molecule has 0 atom stereocenters. The highest BCUT2D eigenvalue weighted by molar-refractivity contribution is 6.35. The first-order valence-electron chi connectivity index (χ1n) is 7.50. The number of benzene rings is 2. The second-order valence-corrected chi connectivity index (χ2v) is 5.30. The number of carbonyl (C=O) groups excluding carboxylic acids is 2. The van der Waals surface area contributed by atoms with E-state index in [1.807, 2.05) is 37.3 Å². The maximum absolute atomic E-state index is 12.3. The summed E-state index contributed by atoms with van der Waals surface area (Å²) < 4.78 is 5.60. The molecule has 116 valence electrons. The fraction of sp³-hybridized carbons (Fsp3) is 0.158. The van der Waals surface area contributed by atoms with E-state index < -0.39 is 0 Å². The Hall–Kier alpha value is -2.88. The first kappa shape index (κ1) is 15.0. The summed E-state index contributed by atoms with van der Waals surface area (Å²) in [5.41, 5.74) is 3.47. The molecule has 1 aliphatic heterocycles. The van der Waals surface area contributed by atoms with Gasteiger partial charge >= 0.3 is 0 Å². The highest BCUT2D eigenvalue weighted by atomic mass is 16.5. The van der Waals surface area contributed by atoms with Gasteiger partial charge in [0.1, 0.15) is 5.75 Å². The number of hydrogen-bond donors (Lipinski definition) is 1. The summed E-state index contributed by atoms with van der Waals surface area (Å²) >= 11 is 0. The van der Waals surface area contributed by atoms with Crippen molar-refractivity contribution in [2.45, 2.75) is 13.8 Å². The predicted molar refractivity (Wildman–Crippen MR) is 90.6 cm³/mol. The minimum atomic E-state index is -0.174. The summed E-state index contributed by atoms with van der Waals surface area (Å²) in [5, 5.41) is 2.81. The molecule has 0 spiro atoms. The molecule has 1 heterocycles. The molecule has 0 radical (unpaired) electrons. The Morgan fingerprint density at radius 1 is 1.22 bits per heavy atom. The monoisotopic (exact) mass is 307 g/mol. The Kier molecular flexibility index (Phi) is 3.98. The number of Topliss-reactive ketones (excluding diaryl/α,β-unsaturated/α-hetero) is 1. The fourth-order valence-corrected chi connectivity index (χ4v) is 2.60. The number of carbonyl (C=O) groups is 2. The zero-order valence-corrected chi connectivity index (χ0v) is 13.1. The van der Waals surface area contributed by atoms with Gasteiger partial charge in [0.2, 0.25) is 0 Å². The van der Waals surface area contributed by atoms with E-state index >= 15 is 0 Å². The fourth-order valence-electron chi connectivity index (χ4n) is 2.60. The number of nitrogens with one attached hydrogen (secondary N) is 1. The first-order chi connectivity index (χ1) is 11.1. The van der Waals surface area contributed by atoms with Crippen LogP contribution in [0.1, 0.15) is 35.3 Å². The Balaban J connectivity index is 2.06. The largest absolute Gasteiger partial charge is 0.493 e. The third kappa shape index (κ3) is 2.88. The summed E-state index contributed by atoms with van der Waals surface area (Å²) in [7, 11) is 0. The van der Waals surface area contributed by atoms with Crippen molar-refractivity contribution in [3.8, 4) is 5.75 Å². The van der Waals surface area contributed by atoms with Crippen molar-refractivity contribution in [2.24, 2.45) is 0 Å². The highest BCUT2D eigenvalue weighted by Crippen LogP contribution is 2.35. The molecule has 0 aromatic heterocycles. The molecule has 0 saturated heterocycles. The molecule has 23 heavy (non-hydrogen) atoms. The van der Waals surface area contributed by atoms with E-state index in [-0.39, 0.29) is 11.7 Å². The molecule has 3 rings (SSSR count). The van der Waals surface area contributed by atoms with Gasteiger partial charge in [-0.25, -0.2) is 0 Å². The summed E-state index contributed by atoms with van der Waals surface area (Å²) in [6.07, 6.45) is 1.82. The van der Waals surface area contributed by atoms with Crippen molar-refractivity contribution in [2.75, 3.05) is 11.9 Å². The van der Waals surface area contributed by atoms with E-state index in [1.54, 1.807) is 18.2 Å². The van der Waals surface area contributed by atoms with E-state index in [0.717, 1.165) is 16.9 Å². The van der Waals surface area contributed by atoms with Gasteiger partial charge in [-0.05, 0) is 32.1 Å². The number of para-hydroxylation sites is 1. The van der Waals surface area contributed by atoms with Gasteiger partial charge < -0.3 is 10.1 Å². The van der Waals surface area contributed by atoms with Gasteiger partial charge in [0.15, 0.2) is 5.78 Å². The van der Waals surface area contributed by atoms with Crippen molar-refractivity contribution in [1.29, 1.82) is 0 Å². The highest BCUT2D eigenvalue weighted by Gasteiger charge is 2.25. The van der Waals surface area contributed by atoms with E-state index in [9.17, 15) is 9.59 Å². The third-order valence-corrected chi connectivity index (χ3v) is 3.73. The van der Waals surface area contributed by atoms with Crippen LogP contribution >= 0.6 is 0 Å². The second-order valence-electron chi connectivity index (χ2n) is 5.30. The van der Waals surface area contributed by atoms with Gasteiger partial charge in [0, 0.05) is 28.0 Å². The summed E-state index contributed by atoms with van der Waals surface area (Å²) in [4.78, 5) is 23.8. The van der Waals surface area contributed by atoms with Crippen LogP contribution in [0.3, 0.4) is 0 Å². The molecular weight excluding hydrogens is 290 g/mol. The number of ether oxygens (including phenoxy) is 1. The molecular formula is C19H17NO3. The van der Waals surface area contributed by atoms with Crippen molar-refractivity contribution in [1.82, 2.24) is 0 Å². The summed E-state index contributed by atoms with van der Waals surface area (Å²) in [6, 6.07) is 12.8. The van der Waals surface area contributed by atoms with Gasteiger partial charge in [-0.15, -0.1) is 0 Å². The molecule has 0 bridgehead atoms. The zero-order valence-electron chi connectivity index (χ0n) is 13.1. The van der Waals surface area contributed by atoms with Crippen molar-refractivity contribution >= 4 is 29.0 Å². The van der Waals surface area contributed by atoms with E-state index in [0.29, 0.717) is 23.4 Å². The van der Waals surface area contributed by atoms with Crippen LogP contribution in [0, 0.1) is 0 Å². The Morgan fingerprint density at radius 3 is 2.74 bits per heavy atom. The van der Waals surface area contributed by atoms with Crippen LogP contribution in [0.2, 0.25) is 0 Å². The lowest BCUT2D eigenvalue weighted by Gasteiger charge is -2.07. The molecule has 4 nitrogen and oxygen atoms in total. The van der Waals surface area contributed by atoms with Gasteiger partial charge in [0.05, 0.1) is 6.61 Å². The lowest BCUT2D eigenvalue weighted by atomic mass is 10.0. The van der Waals surface area contributed by atoms with Gasteiger partial charge in [0.25, 0.3) is 5.91 Å². The summed E-state index contributed by atoms with van der Waals surface area (Å²) in [6.45, 7) is 3.99. The SMILES string of the molecule is CCOc1ccccc1/C=C1/C(=O)Nc2cc(C(C)=O)ccc21. The first-order valence-corrected chi connectivity index (χ1v) is 7.50. The van der Waals surface area contributed by atoms with Crippen molar-refractivity contribution < 1.29 is 14.3 Å². The van der Waals surface area contributed by atoms with E-state index in [1.165, 1.54) is 6.92 Å². The molecule has 1 N–H and O–H groups in total. The van der Waals surface area contributed by atoms with Crippen LogP contribution in [0.15, 0.2) is 42.5 Å². The number of amides is 1. The van der Waals surface area contributed by atoms with Crippen LogP contribution < -0.4 is 10.1 Å². The number of anilines is 1. The average molecular weight is 307 g/mol. The molecule has 2 aromatic carbocycles. The van der Waals surface area contributed by atoms with Crippen LogP contribution in [-0.2, 0) is 4.79 Å². The molecule has 1 aliphatic rings. The van der Waals surface area contributed by atoms with E-state index in [2.05, 4.69) is 5.32 Å². The molecule has 0 unspecified atom stereocenters. The topological polar surface area (TPSA) is 55.4 Å². The maximum Gasteiger partial charge on any atom is 0.256 e. The standard InChI is InChI=1S/C19H17NO3/c1-3-23-18-7-5-4-6-14(18)10-16-15-9-8-13(12(2)21)11-17(15)20-19(16)22/h4-11H,3H2,1-2H3,(H,20,22)/b16-10+. The number of rotatable bonds is 4. The average Bonchev–Trinajstić information content (AvgIpc) is 2.84. The normalized spacial score (nSPS) is 14.5. The lowest BCUT2D eigenvalue weighted by Crippen LogP contribution is -2.04. The van der Waals surface area contributed by atoms with Gasteiger partial charge in [-0.3, -0.25) is 9.59 Å². The molecule has 1 amide bonds. The minimum Gasteiger partial charge on any atom is -0.493 e. The van der Waals surface area contributed by atoms with Gasteiger partial charge in [-0.2, -0.15) is 0 Å². The predicted octanol–water partition coefficient (Wildman–Crippen LogP) is 3.78. The van der Waals surface area contributed by atoms with Crippen LogP contribution in [0.4, 0.5) is 5.69 Å². The van der Waals surface area contributed by atoms with Crippen LogP contribution in [0.25, 0.3) is 11.6 Å². The second kappa shape index (κ2) is 6.08. The van der Waals surface area contributed by atoms with Crippen LogP contribution in [-0.4, -0.2) is 18.3 Å².